The van der Waals surface area contributed by atoms with E-state index in [0.717, 1.165) is 16.9 Å². The average molecular weight is 408 g/mol. The highest BCUT2D eigenvalue weighted by Gasteiger charge is 2.25. The van der Waals surface area contributed by atoms with E-state index in [0.29, 0.717) is 44.2 Å². The molecule has 6 nitrogen and oxygen atoms in total. The Hall–Kier alpha value is -3.19. The quantitative estimate of drug-likeness (QED) is 0.650. The molecule has 4 rings (SSSR count). The van der Waals surface area contributed by atoms with Gasteiger partial charge >= 0.3 is 0 Å². The SMILES string of the molecule is COc1ccc(F)cc1CN1CCN(C(=O)c2cc(C)n(-c3ccccc3)n2)CC1. The number of methoxy groups -OCH3 is 1. The van der Waals surface area contributed by atoms with Crippen LogP contribution in [0.4, 0.5) is 4.39 Å². The van der Waals surface area contributed by atoms with Crippen LogP contribution in [-0.4, -0.2) is 58.8 Å². The minimum Gasteiger partial charge on any atom is -0.496 e. The van der Waals surface area contributed by atoms with Gasteiger partial charge in [0.05, 0.1) is 12.8 Å². The van der Waals surface area contributed by atoms with Gasteiger partial charge in [-0.05, 0) is 43.3 Å². The zero-order chi connectivity index (χ0) is 21.1. The van der Waals surface area contributed by atoms with Gasteiger partial charge in [0.2, 0.25) is 0 Å². The van der Waals surface area contributed by atoms with E-state index in [1.165, 1.54) is 12.1 Å². The first kappa shape index (κ1) is 20.1. The predicted molar refractivity (Wildman–Crippen MR) is 112 cm³/mol. The van der Waals surface area contributed by atoms with Crippen molar-refractivity contribution in [1.29, 1.82) is 0 Å². The number of ether oxygens (including phenoxy) is 1. The largest absolute Gasteiger partial charge is 0.496 e. The second-order valence-corrected chi connectivity index (χ2v) is 7.44. The summed E-state index contributed by atoms with van der Waals surface area (Å²) in [4.78, 5) is 17.0. The number of nitrogens with zero attached hydrogens (tertiary/aromatic N) is 4. The molecule has 1 fully saturated rings. The molecule has 3 aromatic rings. The fourth-order valence-corrected chi connectivity index (χ4v) is 3.79. The van der Waals surface area contributed by atoms with Gasteiger partial charge in [0.25, 0.3) is 5.91 Å². The molecule has 0 spiro atoms. The normalized spacial score (nSPS) is 14.7. The van der Waals surface area contributed by atoms with Crippen LogP contribution >= 0.6 is 0 Å². The molecular formula is C23H25FN4O2. The summed E-state index contributed by atoms with van der Waals surface area (Å²) in [7, 11) is 1.59. The molecule has 0 unspecified atom stereocenters. The molecule has 0 bridgehead atoms. The lowest BCUT2D eigenvalue weighted by Crippen LogP contribution is -2.48. The number of aryl methyl sites for hydroxylation is 1. The molecular weight excluding hydrogens is 383 g/mol. The summed E-state index contributed by atoms with van der Waals surface area (Å²) in [5.74, 6) is 0.344. The number of aromatic nitrogens is 2. The van der Waals surface area contributed by atoms with Crippen LogP contribution in [-0.2, 0) is 6.54 Å². The Labute approximate surface area is 175 Å². The molecule has 7 heteroatoms. The number of halogens is 1. The molecule has 0 aliphatic carbocycles. The lowest BCUT2D eigenvalue weighted by molar-refractivity contribution is 0.0621. The number of carbonyl (C=O) groups excluding carboxylic acids is 1. The van der Waals surface area contributed by atoms with E-state index in [9.17, 15) is 9.18 Å². The van der Waals surface area contributed by atoms with E-state index in [4.69, 9.17) is 4.74 Å². The first-order valence-corrected chi connectivity index (χ1v) is 10.0. The first-order valence-electron chi connectivity index (χ1n) is 10.0. The van der Waals surface area contributed by atoms with Gasteiger partial charge in [0, 0.05) is 44.0 Å². The third-order valence-corrected chi connectivity index (χ3v) is 5.40. The summed E-state index contributed by atoms with van der Waals surface area (Å²) < 4.78 is 20.7. The number of para-hydroxylation sites is 1. The van der Waals surface area contributed by atoms with E-state index >= 15 is 0 Å². The van der Waals surface area contributed by atoms with E-state index in [1.54, 1.807) is 17.9 Å². The maximum absolute atomic E-state index is 13.6. The van der Waals surface area contributed by atoms with E-state index in [1.807, 2.05) is 48.2 Å². The highest BCUT2D eigenvalue weighted by molar-refractivity contribution is 5.92. The molecule has 1 aliphatic heterocycles. The fourth-order valence-electron chi connectivity index (χ4n) is 3.79. The third kappa shape index (κ3) is 4.21. The highest BCUT2D eigenvalue weighted by atomic mass is 19.1. The zero-order valence-corrected chi connectivity index (χ0v) is 17.2. The number of amides is 1. The summed E-state index contributed by atoms with van der Waals surface area (Å²) in [6, 6.07) is 16.2. The second kappa shape index (κ2) is 8.67. The molecule has 0 atom stereocenters. The highest BCUT2D eigenvalue weighted by Crippen LogP contribution is 2.22. The van der Waals surface area contributed by atoms with Crippen LogP contribution in [0.1, 0.15) is 21.7 Å². The Bertz CT molecular complexity index is 1030. The molecule has 2 aromatic carbocycles. The van der Waals surface area contributed by atoms with Gasteiger partial charge in [-0.25, -0.2) is 9.07 Å². The van der Waals surface area contributed by atoms with Gasteiger partial charge in [-0.15, -0.1) is 0 Å². The summed E-state index contributed by atoms with van der Waals surface area (Å²) in [6.45, 7) is 5.17. The molecule has 30 heavy (non-hydrogen) atoms. The zero-order valence-electron chi connectivity index (χ0n) is 17.2. The Balaban J connectivity index is 1.40. The van der Waals surface area contributed by atoms with Gasteiger partial charge in [-0.1, -0.05) is 18.2 Å². The molecule has 1 aliphatic rings. The van der Waals surface area contributed by atoms with Gasteiger partial charge in [-0.2, -0.15) is 5.10 Å². The van der Waals surface area contributed by atoms with Crippen molar-refractivity contribution in [1.82, 2.24) is 19.6 Å². The molecule has 2 heterocycles. The molecule has 1 aromatic heterocycles. The van der Waals surface area contributed by atoms with Crippen LogP contribution in [0.15, 0.2) is 54.6 Å². The average Bonchev–Trinajstić information content (AvgIpc) is 3.16. The number of hydrogen-bond donors (Lipinski definition) is 0. The number of benzene rings is 2. The molecule has 0 N–H and O–H groups in total. The van der Waals surface area contributed by atoms with E-state index in [2.05, 4.69) is 10.00 Å². The lowest BCUT2D eigenvalue weighted by atomic mass is 10.1. The van der Waals surface area contributed by atoms with Crippen LogP contribution < -0.4 is 4.74 Å². The Morgan fingerprint density at radius 3 is 2.50 bits per heavy atom. The molecule has 1 amide bonds. The van der Waals surface area contributed by atoms with Gasteiger partial charge in [0.15, 0.2) is 5.69 Å². The topological polar surface area (TPSA) is 50.6 Å². The molecule has 156 valence electrons. The maximum Gasteiger partial charge on any atom is 0.274 e. The first-order chi connectivity index (χ1) is 14.5. The lowest BCUT2D eigenvalue weighted by Gasteiger charge is -2.34. The van der Waals surface area contributed by atoms with Crippen LogP contribution in [0.3, 0.4) is 0 Å². The van der Waals surface area contributed by atoms with Crippen molar-refractivity contribution in [2.75, 3.05) is 33.3 Å². The van der Waals surface area contributed by atoms with Crippen LogP contribution in [0.5, 0.6) is 5.75 Å². The Morgan fingerprint density at radius 2 is 1.80 bits per heavy atom. The summed E-state index contributed by atoms with van der Waals surface area (Å²) in [6.07, 6.45) is 0. The van der Waals surface area contributed by atoms with Crippen LogP contribution in [0.25, 0.3) is 5.69 Å². The maximum atomic E-state index is 13.6. The Morgan fingerprint density at radius 1 is 1.07 bits per heavy atom. The summed E-state index contributed by atoms with van der Waals surface area (Å²) in [5.41, 5.74) is 3.12. The van der Waals surface area contributed by atoms with Gasteiger partial charge in [-0.3, -0.25) is 9.69 Å². The van der Waals surface area contributed by atoms with Crippen LogP contribution in [0.2, 0.25) is 0 Å². The van der Waals surface area contributed by atoms with Crippen molar-refractivity contribution in [3.8, 4) is 11.4 Å². The second-order valence-electron chi connectivity index (χ2n) is 7.44. The minimum absolute atomic E-state index is 0.0595. The van der Waals surface area contributed by atoms with Crippen LogP contribution in [0, 0.1) is 12.7 Å². The van der Waals surface area contributed by atoms with Crippen molar-refractivity contribution in [2.45, 2.75) is 13.5 Å². The third-order valence-electron chi connectivity index (χ3n) is 5.40. The van der Waals surface area contributed by atoms with Crippen molar-refractivity contribution in [2.24, 2.45) is 0 Å². The minimum atomic E-state index is -0.274. The van der Waals surface area contributed by atoms with Gasteiger partial charge in [0.1, 0.15) is 11.6 Å². The number of piperazine rings is 1. The van der Waals surface area contributed by atoms with Crippen molar-refractivity contribution < 1.29 is 13.9 Å². The number of hydrogen-bond acceptors (Lipinski definition) is 4. The van der Waals surface area contributed by atoms with E-state index < -0.39 is 0 Å². The van der Waals surface area contributed by atoms with Crippen molar-refractivity contribution in [3.05, 3.63) is 77.4 Å². The Kier molecular flexibility index (Phi) is 5.81. The number of rotatable bonds is 5. The predicted octanol–water partition coefficient (Wildman–Crippen LogP) is 3.29. The molecule has 1 saturated heterocycles. The van der Waals surface area contributed by atoms with Crippen molar-refractivity contribution in [3.63, 3.8) is 0 Å². The summed E-state index contributed by atoms with van der Waals surface area (Å²) >= 11 is 0. The standard InChI is InChI=1S/C23H25FN4O2/c1-17-14-21(25-28(17)20-6-4-3-5-7-20)23(29)27-12-10-26(11-13-27)16-18-15-19(24)8-9-22(18)30-2/h3-9,14-15H,10-13,16H2,1-2H3. The molecule has 0 saturated carbocycles. The fraction of sp³-hybridized carbons (Fsp3) is 0.304. The molecule has 0 radical (unpaired) electrons. The smallest absolute Gasteiger partial charge is 0.274 e. The van der Waals surface area contributed by atoms with E-state index in [-0.39, 0.29) is 11.7 Å². The van der Waals surface area contributed by atoms with Crippen molar-refractivity contribution >= 4 is 5.91 Å². The summed E-state index contributed by atoms with van der Waals surface area (Å²) in [5, 5.41) is 4.53. The monoisotopic (exact) mass is 408 g/mol. The van der Waals surface area contributed by atoms with Gasteiger partial charge < -0.3 is 9.64 Å². The number of carbonyl (C=O) groups is 1.